The quantitative estimate of drug-likeness (QED) is 0.600. The van der Waals surface area contributed by atoms with E-state index in [0.29, 0.717) is 5.56 Å². The van der Waals surface area contributed by atoms with Crippen molar-refractivity contribution >= 4 is 28.6 Å². The van der Waals surface area contributed by atoms with E-state index in [9.17, 15) is 14.4 Å². The van der Waals surface area contributed by atoms with Crippen LogP contribution < -0.4 is 10.6 Å². The van der Waals surface area contributed by atoms with Crippen LogP contribution in [0.5, 0.6) is 0 Å². The van der Waals surface area contributed by atoms with E-state index in [0.717, 1.165) is 26.8 Å². The Labute approximate surface area is 187 Å². The van der Waals surface area contributed by atoms with Gasteiger partial charge in [-0.2, -0.15) is 0 Å². The largest absolute Gasteiger partial charge is 0.348 e. The molecule has 4 amide bonds. The van der Waals surface area contributed by atoms with Crippen LogP contribution in [0.4, 0.5) is 4.79 Å². The number of nitrogens with zero attached hydrogens (tertiary/aromatic N) is 1. The molecule has 32 heavy (non-hydrogen) atoms. The molecule has 1 aliphatic rings. The van der Waals surface area contributed by atoms with Crippen LogP contribution in [0.2, 0.25) is 0 Å². The van der Waals surface area contributed by atoms with E-state index in [2.05, 4.69) is 10.6 Å². The summed E-state index contributed by atoms with van der Waals surface area (Å²) in [5.41, 5.74) is 2.75. The van der Waals surface area contributed by atoms with Crippen molar-refractivity contribution in [2.75, 3.05) is 6.54 Å². The number of hydrogen-bond donors (Lipinski definition) is 2. The Bertz CT molecular complexity index is 1240. The van der Waals surface area contributed by atoms with E-state index in [-0.39, 0.29) is 18.5 Å². The minimum absolute atomic E-state index is 0.241. The van der Waals surface area contributed by atoms with Crippen molar-refractivity contribution in [1.82, 2.24) is 15.5 Å². The Hall–Kier alpha value is -3.67. The molecule has 1 saturated heterocycles. The number of hydrogen-bond acceptors (Lipinski definition) is 3. The van der Waals surface area contributed by atoms with Gasteiger partial charge in [-0.05, 0) is 66.8 Å². The molecule has 0 spiro atoms. The number of imide groups is 1. The number of nitrogens with one attached hydrogen (secondary N) is 2. The highest BCUT2D eigenvalue weighted by atomic mass is 16.2. The topological polar surface area (TPSA) is 78.5 Å². The van der Waals surface area contributed by atoms with E-state index in [4.69, 9.17) is 0 Å². The van der Waals surface area contributed by atoms with Crippen molar-refractivity contribution in [3.8, 4) is 0 Å². The van der Waals surface area contributed by atoms with Crippen LogP contribution in [0.3, 0.4) is 0 Å². The number of aryl methyl sites for hydroxylation is 2. The molecule has 0 saturated carbocycles. The summed E-state index contributed by atoms with van der Waals surface area (Å²) in [6.45, 7) is 7.28. The second-order valence-corrected chi connectivity index (χ2v) is 8.64. The monoisotopic (exact) mass is 429 g/mol. The zero-order valence-electron chi connectivity index (χ0n) is 18.7. The molecule has 0 aliphatic carbocycles. The average molecular weight is 430 g/mol. The fourth-order valence-corrected chi connectivity index (χ4v) is 4.08. The van der Waals surface area contributed by atoms with Crippen molar-refractivity contribution in [3.63, 3.8) is 0 Å². The maximum Gasteiger partial charge on any atom is 0.325 e. The van der Waals surface area contributed by atoms with Crippen LogP contribution in [-0.2, 0) is 15.1 Å². The third kappa shape index (κ3) is 3.84. The van der Waals surface area contributed by atoms with Crippen LogP contribution in [-0.4, -0.2) is 29.3 Å². The first kappa shape index (κ1) is 21.6. The third-order valence-corrected chi connectivity index (χ3v) is 6.31. The molecule has 6 heteroatoms. The van der Waals surface area contributed by atoms with Crippen LogP contribution >= 0.6 is 0 Å². The summed E-state index contributed by atoms with van der Waals surface area (Å²) < 4.78 is 0. The Morgan fingerprint density at radius 3 is 2.44 bits per heavy atom. The lowest BCUT2D eigenvalue weighted by Crippen LogP contribution is -2.43. The summed E-state index contributed by atoms with van der Waals surface area (Å²) in [7, 11) is 0. The third-order valence-electron chi connectivity index (χ3n) is 6.31. The summed E-state index contributed by atoms with van der Waals surface area (Å²) in [6.07, 6.45) is 0. The first-order valence-electron chi connectivity index (χ1n) is 10.7. The highest BCUT2D eigenvalue weighted by Gasteiger charge is 2.49. The lowest BCUT2D eigenvalue weighted by atomic mass is 9.90. The Morgan fingerprint density at radius 2 is 1.72 bits per heavy atom. The molecule has 164 valence electrons. The van der Waals surface area contributed by atoms with Gasteiger partial charge in [0.1, 0.15) is 12.1 Å². The van der Waals surface area contributed by atoms with Crippen molar-refractivity contribution in [2.24, 2.45) is 0 Å². The highest BCUT2D eigenvalue weighted by Crippen LogP contribution is 2.31. The second kappa shape index (κ2) is 8.11. The zero-order chi connectivity index (χ0) is 23.0. The zero-order valence-corrected chi connectivity index (χ0v) is 18.7. The highest BCUT2D eigenvalue weighted by molar-refractivity contribution is 6.09. The van der Waals surface area contributed by atoms with Gasteiger partial charge in [-0.1, -0.05) is 54.6 Å². The summed E-state index contributed by atoms with van der Waals surface area (Å²) >= 11 is 0. The number of rotatable bonds is 5. The maximum absolute atomic E-state index is 13.2. The molecule has 2 atom stereocenters. The molecule has 1 aliphatic heterocycles. The summed E-state index contributed by atoms with van der Waals surface area (Å²) in [4.78, 5) is 39.5. The Morgan fingerprint density at radius 1 is 1.00 bits per heavy atom. The Kier molecular flexibility index (Phi) is 5.46. The number of fused-ring (bicyclic) bond motifs is 1. The molecule has 0 aromatic heterocycles. The van der Waals surface area contributed by atoms with Crippen LogP contribution in [0.15, 0.2) is 60.7 Å². The van der Waals surface area contributed by atoms with Gasteiger partial charge in [0.05, 0.1) is 6.04 Å². The fraction of sp³-hybridized carbons (Fsp3) is 0.269. The van der Waals surface area contributed by atoms with Crippen molar-refractivity contribution < 1.29 is 14.4 Å². The Balaban J connectivity index is 1.49. The SMILES string of the molecule is Cc1ccc(C(C)NC(=O)CN2C(=O)NC(C)(c3ccc4ccccc4c3)C2=O)cc1C. The van der Waals surface area contributed by atoms with Gasteiger partial charge in [-0.15, -0.1) is 0 Å². The lowest BCUT2D eigenvalue weighted by Gasteiger charge is -2.23. The van der Waals surface area contributed by atoms with Crippen LogP contribution in [0.25, 0.3) is 10.8 Å². The molecule has 3 aromatic carbocycles. The average Bonchev–Trinajstić information content (AvgIpc) is 2.99. The van der Waals surface area contributed by atoms with Gasteiger partial charge in [-0.3, -0.25) is 14.5 Å². The van der Waals surface area contributed by atoms with Crippen LogP contribution in [0.1, 0.15) is 42.1 Å². The van der Waals surface area contributed by atoms with Crippen molar-refractivity contribution in [2.45, 2.75) is 39.3 Å². The van der Waals surface area contributed by atoms with E-state index in [1.807, 2.05) is 81.4 Å². The minimum Gasteiger partial charge on any atom is -0.348 e. The number of carbonyl (C=O) groups is 3. The number of urea groups is 1. The summed E-state index contributed by atoms with van der Waals surface area (Å²) in [6, 6.07) is 18.7. The van der Waals surface area contributed by atoms with Crippen LogP contribution in [0, 0.1) is 13.8 Å². The molecule has 0 bridgehead atoms. The number of amides is 4. The van der Waals surface area contributed by atoms with Gasteiger partial charge < -0.3 is 10.6 Å². The van der Waals surface area contributed by atoms with Gasteiger partial charge in [0.15, 0.2) is 0 Å². The van der Waals surface area contributed by atoms with Gasteiger partial charge >= 0.3 is 6.03 Å². The summed E-state index contributed by atoms with van der Waals surface area (Å²) in [5.74, 6) is -0.825. The molecule has 0 radical (unpaired) electrons. The minimum atomic E-state index is -1.22. The summed E-state index contributed by atoms with van der Waals surface area (Å²) in [5, 5.41) is 7.69. The molecule has 1 fully saturated rings. The van der Waals surface area contributed by atoms with Gasteiger partial charge in [0, 0.05) is 0 Å². The smallest absolute Gasteiger partial charge is 0.325 e. The normalized spacial score (nSPS) is 19.2. The van der Waals surface area contributed by atoms with E-state index >= 15 is 0 Å². The molecule has 3 aromatic rings. The first-order chi connectivity index (χ1) is 15.2. The predicted molar refractivity (Wildman–Crippen MR) is 124 cm³/mol. The van der Waals surface area contributed by atoms with Gasteiger partial charge in [0.25, 0.3) is 5.91 Å². The molecule has 6 nitrogen and oxygen atoms in total. The van der Waals surface area contributed by atoms with E-state index in [1.165, 1.54) is 5.56 Å². The molecule has 1 heterocycles. The maximum atomic E-state index is 13.2. The lowest BCUT2D eigenvalue weighted by molar-refractivity contribution is -0.135. The molecule has 2 N–H and O–H groups in total. The van der Waals surface area contributed by atoms with E-state index < -0.39 is 17.5 Å². The molecular weight excluding hydrogens is 402 g/mol. The van der Waals surface area contributed by atoms with Crippen molar-refractivity contribution in [3.05, 3.63) is 82.9 Å². The fourth-order valence-electron chi connectivity index (χ4n) is 4.08. The molecule has 4 rings (SSSR count). The second-order valence-electron chi connectivity index (χ2n) is 8.64. The van der Waals surface area contributed by atoms with E-state index in [1.54, 1.807) is 6.92 Å². The molecule has 2 unspecified atom stereocenters. The number of benzene rings is 3. The number of carbonyl (C=O) groups excluding carboxylic acids is 3. The van der Waals surface area contributed by atoms with Gasteiger partial charge in [0.2, 0.25) is 5.91 Å². The van der Waals surface area contributed by atoms with Gasteiger partial charge in [-0.25, -0.2) is 4.79 Å². The standard InChI is InChI=1S/C26H27N3O3/c1-16-9-10-20(13-17(16)2)18(3)27-23(30)15-29-24(31)26(4,28-25(29)32)22-12-11-19-7-5-6-8-21(19)14-22/h5-14,18H,15H2,1-4H3,(H,27,30)(H,28,32). The van der Waals surface area contributed by atoms with Crippen molar-refractivity contribution in [1.29, 1.82) is 0 Å². The first-order valence-corrected chi connectivity index (χ1v) is 10.7. The molecular formula is C26H27N3O3. The predicted octanol–water partition coefficient (Wildman–Crippen LogP) is 4.10.